The Labute approximate surface area is 769 Å². The number of carbonyl (C=O) groups is 8. The normalized spacial score (nSPS) is 18.6. The molecule has 4 aromatic heterocycles. The molecule has 8 aromatic rings. The van der Waals surface area contributed by atoms with E-state index in [0.717, 1.165) is 51.4 Å². The van der Waals surface area contributed by atoms with E-state index in [1.807, 2.05) is 83.1 Å². The highest BCUT2D eigenvalue weighted by Crippen LogP contribution is 2.43. The maximum absolute atomic E-state index is 14.6. The van der Waals surface area contributed by atoms with Gasteiger partial charge in [0.2, 0.25) is 0 Å². The van der Waals surface area contributed by atoms with E-state index < -0.39 is 89.4 Å². The minimum Gasteiger partial charge on any atom is -0.477 e. The van der Waals surface area contributed by atoms with Crippen LogP contribution in [0.2, 0.25) is 15.1 Å². The number of aliphatic hydroxyl groups is 4. The molecular weight excluding hydrogens is 1770 g/mol. The molecule has 20 nitrogen and oxygen atoms in total. The molecule has 0 atom stereocenters. The van der Waals surface area contributed by atoms with Crippen LogP contribution in [0, 0.1) is 93.4 Å². The van der Waals surface area contributed by atoms with E-state index in [-0.39, 0.29) is 109 Å². The standard InChI is InChI=1S/C25H28FNO4S.C24H25Cl2NO4S.C24H25ClFNO4S.C24H26FNO4S/c1-15-5-6-16(13-20(15)26)23(29)27(17-7-9-18(28)10-8-17)21-14-19(11-12-25(2,3)4)32-22(21)24(30)31;2*1-24(2,3)11-10-17-13-20(21(32-17)23(30)31)27(15-5-7-16(28)8-6-15)22(29)18-9-4-14(25)12-19(18)26;1-24(2,3)13-12-19-14-20(21(31-19)23(29)30)26(17-8-10-18(27)11-9-17)22(28)15-4-6-16(25)7-5-15/h5-6,13-14,17-18,28H,7-10H2,1-4H3,(H,30,31);2*4,9,12-13,15-16,28H,5-8H2,1-3H3,(H,30,31);4-7,14,17-18,27H,8-11H2,1-3H3,(H,29,30). The smallest absolute Gasteiger partial charge is 0.348 e. The summed E-state index contributed by atoms with van der Waals surface area (Å²) in [6.45, 7) is 25.1. The summed E-state index contributed by atoms with van der Waals surface area (Å²) in [5.41, 5.74) is 0.931. The molecule has 4 saturated carbocycles. The fourth-order valence-corrected chi connectivity index (χ4v) is 18.4. The van der Waals surface area contributed by atoms with Gasteiger partial charge in [0.15, 0.2) is 0 Å². The molecule has 8 N–H and O–H groups in total. The Balaban J connectivity index is 0.000000191. The first kappa shape index (κ1) is 101. The van der Waals surface area contributed by atoms with E-state index >= 15 is 0 Å². The second kappa shape index (κ2) is 43.5. The monoisotopic (exact) mass is 1870 g/mol. The quantitative estimate of drug-likeness (QED) is 0.0417. The minimum atomic E-state index is -1.18. The number of aryl methyl sites for hydroxylation is 1. The first-order valence-electron chi connectivity index (χ1n) is 41.5. The summed E-state index contributed by atoms with van der Waals surface area (Å²) in [4.78, 5) is 111. The van der Waals surface area contributed by atoms with E-state index in [9.17, 15) is 92.4 Å². The van der Waals surface area contributed by atoms with Gasteiger partial charge in [-0.3, -0.25) is 19.2 Å². The molecule has 674 valence electrons. The zero-order valence-corrected chi connectivity index (χ0v) is 78.3. The number of rotatable bonds is 16. The van der Waals surface area contributed by atoms with E-state index in [1.165, 1.54) is 74.2 Å². The van der Waals surface area contributed by atoms with Crippen molar-refractivity contribution in [2.45, 2.75) is 241 Å². The number of carboxylic acid groups (broad SMARTS) is 4. The summed E-state index contributed by atoms with van der Waals surface area (Å²) in [5, 5.41) is 79.8. The van der Waals surface area contributed by atoms with Crippen molar-refractivity contribution in [3.63, 3.8) is 0 Å². The lowest BCUT2D eigenvalue weighted by molar-refractivity contribution is 0.0691. The number of hydrogen-bond donors (Lipinski definition) is 8. The molecule has 4 aliphatic carbocycles. The third-order valence-corrected chi connectivity index (χ3v) is 25.6. The molecule has 30 heteroatoms. The van der Waals surface area contributed by atoms with Gasteiger partial charge in [0, 0.05) is 67.0 Å². The van der Waals surface area contributed by atoms with Crippen LogP contribution < -0.4 is 19.6 Å². The van der Waals surface area contributed by atoms with Crippen LogP contribution in [-0.2, 0) is 0 Å². The Morgan fingerprint density at radius 3 is 0.882 bits per heavy atom. The average Bonchev–Trinajstić information content (AvgIpc) is 1.70. The maximum Gasteiger partial charge on any atom is 0.348 e. The van der Waals surface area contributed by atoms with Crippen LogP contribution >= 0.6 is 80.1 Å². The van der Waals surface area contributed by atoms with Gasteiger partial charge in [-0.1, -0.05) is 88.2 Å². The van der Waals surface area contributed by atoms with Crippen LogP contribution in [0.5, 0.6) is 0 Å². The predicted molar refractivity (Wildman–Crippen MR) is 496 cm³/mol. The van der Waals surface area contributed by atoms with Crippen molar-refractivity contribution < 1.29 is 92.4 Å². The van der Waals surface area contributed by atoms with Crippen LogP contribution in [-0.4, -0.2) is 137 Å². The van der Waals surface area contributed by atoms with Crippen LogP contribution in [0.1, 0.15) is 291 Å². The molecule has 4 fully saturated rings. The van der Waals surface area contributed by atoms with E-state index in [4.69, 9.17) is 34.8 Å². The number of halogens is 6. The molecule has 4 amide bonds. The Kier molecular flexibility index (Phi) is 34.6. The van der Waals surface area contributed by atoms with Gasteiger partial charge in [0.1, 0.15) is 37.0 Å². The summed E-state index contributed by atoms with van der Waals surface area (Å²) >= 11 is 22.3. The molecular formula is C97H104Cl3F3N4O16S4. The van der Waals surface area contributed by atoms with Crippen LogP contribution in [0.25, 0.3) is 0 Å². The van der Waals surface area contributed by atoms with Crippen molar-refractivity contribution in [3.8, 4) is 47.4 Å². The van der Waals surface area contributed by atoms with Gasteiger partial charge in [0.25, 0.3) is 23.6 Å². The highest BCUT2D eigenvalue weighted by atomic mass is 35.5. The highest BCUT2D eigenvalue weighted by molar-refractivity contribution is 7.16. The van der Waals surface area contributed by atoms with Crippen molar-refractivity contribution in [2.75, 3.05) is 19.6 Å². The van der Waals surface area contributed by atoms with Gasteiger partial charge in [-0.2, -0.15) is 0 Å². The number of anilines is 4. The number of nitrogens with zero attached hydrogens (tertiary/aromatic N) is 4. The summed E-state index contributed by atoms with van der Waals surface area (Å²) in [5.74, 6) is 16.3. The minimum absolute atomic E-state index is 0.0234. The molecule has 0 spiro atoms. The number of aromatic carboxylic acids is 4. The summed E-state index contributed by atoms with van der Waals surface area (Å²) < 4.78 is 42.2. The third kappa shape index (κ3) is 28.3. The largest absolute Gasteiger partial charge is 0.477 e. The lowest BCUT2D eigenvalue weighted by Gasteiger charge is -2.36. The first-order chi connectivity index (χ1) is 59.4. The fraction of sp³-hybridized carbons (Fsp3) is 0.423. The van der Waals surface area contributed by atoms with Crippen molar-refractivity contribution in [1.82, 2.24) is 0 Å². The predicted octanol–water partition coefficient (Wildman–Crippen LogP) is 21.9. The molecule has 0 saturated heterocycles. The molecule has 0 radical (unpaired) electrons. The van der Waals surface area contributed by atoms with E-state index in [1.54, 1.807) is 49.4 Å². The molecule has 0 unspecified atom stereocenters. The molecule has 4 aromatic carbocycles. The van der Waals surface area contributed by atoms with Crippen molar-refractivity contribution in [3.05, 3.63) is 202 Å². The van der Waals surface area contributed by atoms with Gasteiger partial charge in [0.05, 0.1) is 82.8 Å². The molecule has 0 bridgehead atoms. The van der Waals surface area contributed by atoms with Crippen molar-refractivity contribution in [2.24, 2.45) is 21.7 Å². The number of aliphatic hydroxyl groups excluding tert-OH is 4. The van der Waals surface area contributed by atoms with Gasteiger partial charge in [-0.05, 0) is 295 Å². The zero-order valence-electron chi connectivity index (χ0n) is 72.8. The lowest BCUT2D eigenvalue weighted by Crippen LogP contribution is -2.44. The first-order valence-corrected chi connectivity index (χ1v) is 45.9. The second-order valence-electron chi connectivity index (χ2n) is 35.8. The topological polar surface area (TPSA) is 311 Å². The van der Waals surface area contributed by atoms with Gasteiger partial charge in [-0.15, -0.1) is 45.3 Å². The van der Waals surface area contributed by atoms with Crippen LogP contribution in [0.15, 0.2) is 103 Å². The SMILES string of the molecule is CC(C)(C)C#Cc1cc(N(C(=O)c2ccc(Cl)cc2Cl)C2CCC(O)CC2)c(C(=O)O)s1.CC(C)(C)C#Cc1cc(N(C(=O)c2ccc(Cl)cc2F)C2CCC(O)CC2)c(C(=O)O)s1.CC(C)(C)C#Cc1cc(N(C(=O)c2ccc(F)cc2)C2CCC(O)CC2)c(C(=O)O)s1.Cc1ccc(C(=O)N(c2cc(C#CC(C)(C)C)sc2C(=O)O)C2CCC(O)CC2)cc1F. The maximum atomic E-state index is 14.6. The number of carboxylic acids is 4. The molecule has 0 aliphatic heterocycles. The van der Waals surface area contributed by atoms with Crippen LogP contribution in [0.4, 0.5) is 35.9 Å². The van der Waals surface area contributed by atoms with Crippen molar-refractivity contribution in [1.29, 1.82) is 0 Å². The fourth-order valence-electron chi connectivity index (χ4n) is 14.4. The Morgan fingerprint density at radius 2 is 0.606 bits per heavy atom. The third-order valence-electron chi connectivity index (χ3n) is 20.7. The number of amides is 4. The second-order valence-corrected chi connectivity index (χ2v) is 41.3. The molecule has 4 aliphatic rings. The van der Waals surface area contributed by atoms with Crippen LogP contribution in [0.3, 0.4) is 0 Å². The number of thiophene rings is 4. The van der Waals surface area contributed by atoms with Crippen molar-refractivity contribution >= 4 is 150 Å². The summed E-state index contributed by atoms with van der Waals surface area (Å²) in [7, 11) is 0. The van der Waals surface area contributed by atoms with Gasteiger partial charge < -0.3 is 60.5 Å². The summed E-state index contributed by atoms with van der Waals surface area (Å²) in [6, 6.07) is 23.2. The van der Waals surface area contributed by atoms with E-state index in [0.29, 0.717) is 144 Å². The molecule has 12 rings (SSSR count). The molecule has 4 heterocycles. The number of hydrogen-bond acceptors (Lipinski definition) is 16. The molecule has 127 heavy (non-hydrogen) atoms. The summed E-state index contributed by atoms with van der Waals surface area (Å²) in [6.07, 6.45) is 6.55. The Bertz CT molecular complexity index is 5480. The van der Waals surface area contributed by atoms with Gasteiger partial charge >= 0.3 is 23.9 Å². The van der Waals surface area contributed by atoms with E-state index in [2.05, 4.69) is 47.4 Å². The number of benzene rings is 4. The lowest BCUT2D eigenvalue weighted by atomic mass is 9.91. The Hall–Kier alpha value is -9.82. The average molecular weight is 1870 g/mol. The highest BCUT2D eigenvalue weighted by Gasteiger charge is 2.40. The zero-order chi connectivity index (χ0) is 93.6. The van der Waals surface area contributed by atoms with Gasteiger partial charge in [-0.25, -0.2) is 32.3 Å². The number of carbonyl (C=O) groups excluding carboxylic acids is 4. The Morgan fingerprint density at radius 1 is 0.339 bits per heavy atom.